The van der Waals surface area contributed by atoms with Gasteiger partial charge in [-0.1, -0.05) is 97.1 Å². The lowest BCUT2D eigenvalue weighted by Gasteiger charge is -2.22. The zero-order valence-corrected chi connectivity index (χ0v) is 22.3. The van der Waals surface area contributed by atoms with E-state index >= 15 is 0 Å². The fourth-order valence-corrected chi connectivity index (χ4v) is 5.80. The van der Waals surface area contributed by atoms with E-state index in [1.54, 1.807) is 14.2 Å². The molecule has 2 unspecified atom stereocenters. The van der Waals surface area contributed by atoms with Gasteiger partial charge in [-0.25, -0.2) is 0 Å². The van der Waals surface area contributed by atoms with E-state index in [0.717, 1.165) is 22.3 Å². The third-order valence-electron chi connectivity index (χ3n) is 6.19. The summed E-state index contributed by atoms with van der Waals surface area (Å²) in [4.78, 5) is 0. The van der Waals surface area contributed by atoms with Crippen LogP contribution in [0.15, 0.2) is 109 Å². The number of nitrogens with two attached hydrogens (primary N) is 2. The molecule has 0 fully saturated rings. The SMILES string of the molecule is COc1ccc(C(C=Cc2ccccc2)S(=O)C(C=Cc2ccccc2)c2ccc(OC)c(N)c2)cc1N. The van der Waals surface area contributed by atoms with Crippen LogP contribution in [0.25, 0.3) is 12.2 Å². The van der Waals surface area contributed by atoms with Gasteiger partial charge in [0.05, 0.1) is 36.1 Å². The van der Waals surface area contributed by atoms with Crippen LogP contribution in [0.5, 0.6) is 11.5 Å². The Labute approximate surface area is 226 Å². The summed E-state index contributed by atoms with van der Waals surface area (Å²) >= 11 is 0. The Morgan fingerprint density at radius 3 is 1.37 bits per heavy atom. The van der Waals surface area contributed by atoms with Crippen molar-refractivity contribution in [3.63, 3.8) is 0 Å². The first-order valence-electron chi connectivity index (χ1n) is 12.2. The van der Waals surface area contributed by atoms with Crippen LogP contribution in [0, 0.1) is 0 Å². The van der Waals surface area contributed by atoms with E-state index < -0.39 is 21.3 Å². The number of ether oxygens (including phenoxy) is 2. The van der Waals surface area contributed by atoms with Gasteiger partial charge in [0.15, 0.2) is 0 Å². The Hall–Kier alpha value is -4.29. The predicted octanol–water partition coefficient (Wildman–Crippen LogP) is 6.83. The first-order valence-corrected chi connectivity index (χ1v) is 13.5. The Balaban J connectivity index is 1.80. The van der Waals surface area contributed by atoms with E-state index in [1.165, 1.54) is 0 Å². The molecule has 2 atom stereocenters. The summed E-state index contributed by atoms with van der Waals surface area (Å²) < 4.78 is 25.2. The van der Waals surface area contributed by atoms with Gasteiger partial charge in [0.1, 0.15) is 11.5 Å². The van der Waals surface area contributed by atoms with Crippen molar-refractivity contribution in [3.05, 3.63) is 131 Å². The first-order chi connectivity index (χ1) is 18.5. The molecule has 0 aliphatic rings. The zero-order valence-electron chi connectivity index (χ0n) is 21.5. The third kappa shape index (κ3) is 6.52. The second-order valence-corrected chi connectivity index (χ2v) is 10.4. The molecule has 4 N–H and O–H groups in total. The normalized spacial score (nSPS) is 13.8. The molecule has 0 saturated heterocycles. The monoisotopic (exact) mass is 524 g/mol. The molecular formula is C32H32N2O3S. The quantitative estimate of drug-likeness (QED) is 0.222. The summed E-state index contributed by atoms with van der Waals surface area (Å²) in [6.07, 6.45) is 7.93. The molecule has 0 aromatic heterocycles. The number of nitrogen functional groups attached to an aromatic ring is 2. The topological polar surface area (TPSA) is 87.6 Å². The average molecular weight is 525 g/mol. The fraction of sp³-hybridized carbons (Fsp3) is 0.125. The number of hydrogen-bond acceptors (Lipinski definition) is 5. The van der Waals surface area contributed by atoms with Crippen molar-refractivity contribution in [2.45, 2.75) is 10.5 Å². The molecule has 0 radical (unpaired) electrons. The van der Waals surface area contributed by atoms with E-state index in [4.69, 9.17) is 20.9 Å². The van der Waals surface area contributed by atoms with Crippen LogP contribution in [-0.4, -0.2) is 18.4 Å². The van der Waals surface area contributed by atoms with E-state index in [9.17, 15) is 4.21 Å². The van der Waals surface area contributed by atoms with Gasteiger partial charge in [-0.05, 0) is 46.5 Å². The molecule has 0 bridgehead atoms. The van der Waals surface area contributed by atoms with Crippen LogP contribution in [0.2, 0.25) is 0 Å². The molecule has 0 spiro atoms. The van der Waals surface area contributed by atoms with Crippen LogP contribution in [-0.2, 0) is 10.8 Å². The highest BCUT2D eigenvalue weighted by Crippen LogP contribution is 2.37. The molecule has 0 amide bonds. The van der Waals surface area contributed by atoms with Crippen LogP contribution >= 0.6 is 0 Å². The fourth-order valence-electron chi connectivity index (χ4n) is 4.19. The van der Waals surface area contributed by atoms with Gasteiger partial charge in [-0.15, -0.1) is 0 Å². The van der Waals surface area contributed by atoms with Gasteiger partial charge < -0.3 is 20.9 Å². The number of hydrogen-bond donors (Lipinski definition) is 2. The summed E-state index contributed by atoms with van der Waals surface area (Å²) in [5.41, 5.74) is 17.2. The smallest absolute Gasteiger partial charge is 0.141 e. The molecule has 0 aliphatic heterocycles. The lowest BCUT2D eigenvalue weighted by Crippen LogP contribution is -2.13. The van der Waals surface area contributed by atoms with Crippen LogP contribution in [0.3, 0.4) is 0 Å². The van der Waals surface area contributed by atoms with Crippen molar-refractivity contribution in [2.75, 3.05) is 25.7 Å². The van der Waals surface area contributed by atoms with E-state index in [1.807, 2.05) is 121 Å². The molecule has 0 saturated carbocycles. The molecule has 4 aromatic rings. The number of rotatable bonds is 10. The van der Waals surface area contributed by atoms with Crippen molar-refractivity contribution < 1.29 is 13.7 Å². The van der Waals surface area contributed by atoms with Crippen molar-refractivity contribution in [2.24, 2.45) is 0 Å². The lowest BCUT2D eigenvalue weighted by atomic mass is 10.1. The minimum Gasteiger partial charge on any atom is -0.495 e. The third-order valence-corrected chi connectivity index (χ3v) is 8.05. The van der Waals surface area contributed by atoms with Gasteiger partial charge in [0.25, 0.3) is 0 Å². The molecular weight excluding hydrogens is 492 g/mol. The summed E-state index contributed by atoms with van der Waals surface area (Å²) in [7, 11) is 1.71. The molecule has 4 aromatic carbocycles. The highest BCUT2D eigenvalue weighted by molar-refractivity contribution is 7.85. The molecule has 194 valence electrons. The summed E-state index contributed by atoms with van der Waals surface area (Å²) in [5, 5.41) is -0.922. The van der Waals surface area contributed by atoms with Crippen LogP contribution in [0.4, 0.5) is 11.4 Å². The highest BCUT2D eigenvalue weighted by Gasteiger charge is 2.26. The molecule has 0 aliphatic carbocycles. The maximum absolute atomic E-state index is 14.5. The second-order valence-electron chi connectivity index (χ2n) is 8.71. The Bertz CT molecular complexity index is 1330. The standard InChI is InChI=1S/C32H32N2O3S/c1-36-29-17-15-25(21-27(29)33)31(19-13-23-9-5-3-6-10-23)38(35)32(20-14-24-11-7-4-8-12-24)26-16-18-30(37-2)28(34)22-26/h3-22,31-32H,33-34H2,1-2H3. The maximum atomic E-state index is 14.5. The van der Waals surface area contributed by atoms with Crippen molar-refractivity contribution in [1.29, 1.82) is 0 Å². The molecule has 5 nitrogen and oxygen atoms in total. The molecule has 38 heavy (non-hydrogen) atoms. The van der Waals surface area contributed by atoms with E-state index in [0.29, 0.717) is 22.9 Å². The first kappa shape index (κ1) is 26.8. The zero-order chi connectivity index (χ0) is 26.9. The highest BCUT2D eigenvalue weighted by atomic mass is 32.2. The second kappa shape index (κ2) is 12.8. The Morgan fingerprint density at radius 2 is 1.03 bits per heavy atom. The van der Waals surface area contributed by atoms with Gasteiger partial charge in [0, 0.05) is 10.8 Å². The van der Waals surface area contributed by atoms with E-state index in [2.05, 4.69) is 0 Å². The van der Waals surface area contributed by atoms with Gasteiger partial charge in [0.2, 0.25) is 0 Å². The van der Waals surface area contributed by atoms with E-state index in [-0.39, 0.29) is 0 Å². The van der Waals surface area contributed by atoms with Gasteiger partial charge >= 0.3 is 0 Å². The van der Waals surface area contributed by atoms with Gasteiger partial charge in [-0.3, -0.25) is 4.21 Å². The summed E-state index contributed by atoms with van der Waals surface area (Å²) in [5.74, 6) is 1.16. The van der Waals surface area contributed by atoms with Gasteiger partial charge in [-0.2, -0.15) is 0 Å². The maximum Gasteiger partial charge on any atom is 0.141 e. The minimum atomic E-state index is -1.44. The number of anilines is 2. The van der Waals surface area contributed by atoms with Crippen molar-refractivity contribution in [3.8, 4) is 11.5 Å². The molecule has 0 heterocycles. The minimum absolute atomic E-state index is 0.461. The molecule has 6 heteroatoms. The van der Waals surface area contributed by atoms with Crippen molar-refractivity contribution in [1.82, 2.24) is 0 Å². The Kier molecular flexibility index (Phi) is 9.01. The summed E-state index contributed by atoms with van der Waals surface area (Å²) in [6.45, 7) is 0. The molecule has 4 rings (SSSR count). The van der Waals surface area contributed by atoms with Crippen molar-refractivity contribution >= 4 is 34.3 Å². The lowest BCUT2D eigenvalue weighted by molar-refractivity contribution is 0.417. The van der Waals surface area contributed by atoms with Crippen LogP contribution in [0.1, 0.15) is 32.8 Å². The number of benzene rings is 4. The average Bonchev–Trinajstić information content (AvgIpc) is 2.94. The summed E-state index contributed by atoms with van der Waals surface area (Å²) in [6, 6.07) is 31.0. The number of methoxy groups -OCH3 is 2. The largest absolute Gasteiger partial charge is 0.495 e. The predicted molar refractivity (Wildman–Crippen MR) is 159 cm³/mol. The van der Waals surface area contributed by atoms with Crippen LogP contribution < -0.4 is 20.9 Å². The Morgan fingerprint density at radius 1 is 0.632 bits per heavy atom.